The second-order valence-electron chi connectivity index (χ2n) is 6.35. The second kappa shape index (κ2) is 7.05. The van der Waals surface area contributed by atoms with E-state index in [4.69, 9.17) is 15.5 Å². The molecule has 0 saturated heterocycles. The monoisotopic (exact) mass is 323 g/mol. The van der Waals surface area contributed by atoms with E-state index in [1.807, 2.05) is 12.1 Å². The van der Waals surface area contributed by atoms with E-state index in [-0.39, 0.29) is 0 Å². The number of fused-ring (bicyclic) bond motifs is 1. The number of rotatable bonds is 6. The van der Waals surface area contributed by atoms with Crippen LogP contribution in [-0.2, 0) is 13.2 Å². The van der Waals surface area contributed by atoms with Crippen LogP contribution in [0, 0.1) is 20.8 Å². The van der Waals surface area contributed by atoms with Gasteiger partial charge in [0.25, 0.3) is 0 Å². The summed E-state index contributed by atoms with van der Waals surface area (Å²) < 4.78 is 8.18. The molecule has 0 saturated carbocycles. The quantitative estimate of drug-likeness (QED) is 0.749. The number of hydrogen-bond donors (Lipinski definition) is 1. The maximum atomic E-state index is 5.94. The number of nitrogens with two attached hydrogens (primary N) is 1. The molecule has 4 nitrogen and oxygen atoms in total. The highest BCUT2D eigenvalue weighted by molar-refractivity contribution is 5.78. The molecule has 0 spiro atoms. The fourth-order valence-corrected chi connectivity index (χ4v) is 2.82. The fourth-order valence-electron chi connectivity index (χ4n) is 2.82. The lowest BCUT2D eigenvalue weighted by atomic mass is 10.1. The van der Waals surface area contributed by atoms with Gasteiger partial charge in [0.15, 0.2) is 0 Å². The van der Waals surface area contributed by atoms with Crippen molar-refractivity contribution in [3.8, 4) is 5.75 Å². The van der Waals surface area contributed by atoms with Gasteiger partial charge in [0, 0.05) is 6.54 Å². The first-order chi connectivity index (χ1) is 11.6. The number of imidazole rings is 1. The molecule has 2 N–H and O–H groups in total. The van der Waals surface area contributed by atoms with Crippen LogP contribution in [0.2, 0.25) is 0 Å². The highest BCUT2D eigenvalue weighted by Crippen LogP contribution is 2.22. The van der Waals surface area contributed by atoms with Gasteiger partial charge in [-0.1, -0.05) is 17.7 Å². The molecule has 0 amide bonds. The van der Waals surface area contributed by atoms with Gasteiger partial charge in [0.2, 0.25) is 0 Å². The maximum Gasteiger partial charge on any atom is 0.147 e. The highest BCUT2D eigenvalue weighted by Gasteiger charge is 2.12. The molecule has 3 rings (SSSR count). The van der Waals surface area contributed by atoms with Crippen LogP contribution in [0.3, 0.4) is 0 Å². The molecule has 3 aromatic rings. The van der Waals surface area contributed by atoms with Gasteiger partial charge in [-0.3, -0.25) is 0 Å². The third kappa shape index (κ3) is 3.44. The molecule has 0 aliphatic heterocycles. The molecule has 24 heavy (non-hydrogen) atoms. The Morgan fingerprint density at radius 1 is 1.04 bits per heavy atom. The normalized spacial score (nSPS) is 11.2. The van der Waals surface area contributed by atoms with Crippen LogP contribution in [0.25, 0.3) is 11.0 Å². The van der Waals surface area contributed by atoms with Crippen molar-refractivity contribution in [3.63, 3.8) is 0 Å². The van der Waals surface area contributed by atoms with Gasteiger partial charge in [0.05, 0.1) is 11.0 Å². The Balaban J connectivity index is 1.91. The fraction of sp³-hybridized carbons (Fsp3) is 0.350. The predicted octanol–water partition coefficient (Wildman–Crippen LogP) is 3.89. The first-order valence-corrected chi connectivity index (χ1v) is 8.44. The van der Waals surface area contributed by atoms with Crippen molar-refractivity contribution in [1.82, 2.24) is 9.55 Å². The molecular formula is C20H25N3O. The van der Waals surface area contributed by atoms with E-state index in [2.05, 4.69) is 49.6 Å². The van der Waals surface area contributed by atoms with Crippen LogP contribution < -0.4 is 10.5 Å². The van der Waals surface area contributed by atoms with Gasteiger partial charge >= 0.3 is 0 Å². The van der Waals surface area contributed by atoms with Crippen LogP contribution in [0.4, 0.5) is 0 Å². The van der Waals surface area contributed by atoms with Gasteiger partial charge in [-0.25, -0.2) is 4.98 Å². The van der Waals surface area contributed by atoms with Gasteiger partial charge in [-0.2, -0.15) is 0 Å². The van der Waals surface area contributed by atoms with Crippen molar-refractivity contribution < 1.29 is 4.74 Å². The smallest absolute Gasteiger partial charge is 0.147 e. The van der Waals surface area contributed by atoms with Gasteiger partial charge in [-0.15, -0.1) is 0 Å². The lowest BCUT2D eigenvalue weighted by Gasteiger charge is -2.10. The Kier molecular flexibility index (Phi) is 4.86. The molecular weight excluding hydrogens is 298 g/mol. The van der Waals surface area contributed by atoms with Crippen LogP contribution >= 0.6 is 0 Å². The number of nitrogens with zero attached hydrogens (tertiary/aromatic N) is 2. The minimum Gasteiger partial charge on any atom is -0.486 e. The van der Waals surface area contributed by atoms with Gasteiger partial charge in [-0.05, 0) is 69.1 Å². The Labute approximate surface area is 143 Å². The summed E-state index contributed by atoms with van der Waals surface area (Å²) in [4.78, 5) is 4.80. The minimum atomic E-state index is 0.459. The average molecular weight is 323 g/mol. The Morgan fingerprint density at radius 2 is 1.75 bits per heavy atom. The number of hydrogen-bond acceptors (Lipinski definition) is 3. The van der Waals surface area contributed by atoms with Crippen molar-refractivity contribution in [1.29, 1.82) is 0 Å². The van der Waals surface area contributed by atoms with Gasteiger partial charge < -0.3 is 15.0 Å². The van der Waals surface area contributed by atoms with E-state index >= 15 is 0 Å². The molecule has 126 valence electrons. The van der Waals surface area contributed by atoms with E-state index in [1.54, 1.807) is 0 Å². The third-order valence-corrected chi connectivity index (χ3v) is 4.42. The summed E-state index contributed by atoms with van der Waals surface area (Å²) in [6.07, 6.45) is 0.927. The molecule has 4 heteroatoms. The summed E-state index contributed by atoms with van der Waals surface area (Å²) in [5.74, 6) is 1.81. The summed E-state index contributed by atoms with van der Waals surface area (Å²) in [6.45, 7) is 8.32. The zero-order valence-electron chi connectivity index (χ0n) is 14.7. The van der Waals surface area contributed by atoms with E-state index in [0.29, 0.717) is 13.2 Å². The molecule has 2 aromatic carbocycles. The van der Waals surface area contributed by atoms with Crippen molar-refractivity contribution in [2.75, 3.05) is 6.54 Å². The van der Waals surface area contributed by atoms with Crippen LogP contribution in [-0.4, -0.2) is 16.1 Å². The van der Waals surface area contributed by atoms with Crippen molar-refractivity contribution >= 4 is 11.0 Å². The largest absolute Gasteiger partial charge is 0.486 e. The van der Waals surface area contributed by atoms with E-state index in [0.717, 1.165) is 35.6 Å². The molecule has 0 radical (unpaired) electrons. The average Bonchev–Trinajstić information content (AvgIpc) is 2.89. The number of aromatic nitrogens is 2. The lowest BCUT2D eigenvalue weighted by molar-refractivity contribution is 0.290. The Bertz CT molecular complexity index is 834. The molecule has 0 fully saturated rings. The van der Waals surface area contributed by atoms with Gasteiger partial charge in [0.1, 0.15) is 18.2 Å². The topological polar surface area (TPSA) is 53.1 Å². The Hall–Kier alpha value is -2.33. The van der Waals surface area contributed by atoms with E-state index in [9.17, 15) is 0 Å². The molecule has 0 aliphatic rings. The van der Waals surface area contributed by atoms with Crippen molar-refractivity contribution in [2.24, 2.45) is 5.73 Å². The molecule has 0 bridgehead atoms. The first kappa shape index (κ1) is 16.5. The van der Waals surface area contributed by atoms with Crippen LogP contribution in [0.1, 0.15) is 28.9 Å². The second-order valence-corrected chi connectivity index (χ2v) is 6.35. The number of benzene rings is 2. The lowest BCUT2D eigenvalue weighted by Crippen LogP contribution is -2.10. The zero-order valence-corrected chi connectivity index (χ0v) is 14.7. The van der Waals surface area contributed by atoms with Crippen molar-refractivity contribution in [2.45, 2.75) is 40.3 Å². The standard InChI is InChI=1S/C20H25N3O/c1-14-5-7-17(8-6-14)24-13-20-22-18-11-15(2)16(3)12-19(18)23(20)10-4-9-21/h5-8,11-12H,4,9-10,13,21H2,1-3H3. The van der Waals surface area contributed by atoms with Crippen LogP contribution in [0.15, 0.2) is 36.4 Å². The number of aryl methyl sites for hydroxylation is 4. The van der Waals surface area contributed by atoms with E-state index < -0.39 is 0 Å². The summed E-state index contributed by atoms with van der Waals surface area (Å²) in [7, 11) is 0. The first-order valence-electron chi connectivity index (χ1n) is 8.44. The molecule has 0 aliphatic carbocycles. The predicted molar refractivity (Wildman–Crippen MR) is 98.4 cm³/mol. The van der Waals surface area contributed by atoms with E-state index in [1.165, 1.54) is 16.7 Å². The number of ether oxygens (including phenoxy) is 1. The maximum absolute atomic E-state index is 5.94. The van der Waals surface area contributed by atoms with Crippen LogP contribution in [0.5, 0.6) is 5.75 Å². The molecule has 0 atom stereocenters. The summed E-state index contributed by atoms with van der Waals surface area (Å²) in [6, 6.07) is 12.5. The SMILES string of the molecule is Cc1ccc(OCc2nc3cc(C)c(C)cc3n2CCCN)cc1. The zero-order chi connectivity index (χ0) is 17.1. The molecule has 0 unspecified atom stereocenters. The summed E-state index contributed by atoms with van der Waals surface area (Å²) in [5, 5.41) is 0. The highest BCUT2D eigenvalue weighted by atomic mass is 16.5. The minimum absolute atomic E-state index is 0.459. The molecule has 1 heterocycles. The Morgan fingerprint density at radius 3 is 2.46 bits per heavy atom. The molecule has 1 aromatic heterocycles. The summed E-state index contributed by atoms with van der Waals surface area (Å²) in [5.41, 5.74) is 11.7. The summed E-state index contributed by atoms with van der Waals surface area (Å²) >= 11 is 0. The van der Waals surface area contributed by atoms with Crippen molar-refractivity contribution in [3.05, 3.63) is 58.9 Å². The third-order valence-electron chi connectivity index (χ3n) is 4.42.